The first kappa shape index (κ1) is 18.2. The van der Waals surface area contributed by atoms with E-state index in [9.17, 15) is 4.79 Å². The predicted octanol–water partition coefficient (Wildman–Crippen LogP) is 2.99. The van der Waals surface area contributed by atoms with Crippen LogP contribution in [-0.2, 0) is 0 Å². The summed E-state index contributed by atoms with van der Waals surface area (Å²) in [7, 11) is 0. The van der Waals surface area contributed by atoms with Crippen LogP contribution in [0, 0.1) is 11.9 Å². The van der Waals surface area contributed by atoms with Gasteiger partial charge in [0.15, 0.2) is 6.29 Å². The number of fused-ring (bicyclic) bond motifs is 1. The standard InChI is InChI=1S/C23H21FN6O/c24-22-18(7-8-19(29-22)28-16-5-6-17(25-10-16)13-1-2-13)30-12-27-23-20(15(11-31)9-26-23)21(30)14-3-4-14/h5-11,13-14H,1-4,12H2,(H,26,27)(H,28,29). The molecule has 3 aliphatic rings. The molecule has 3 aromatic rings. The summed E-state index contributed by atoms with van der Waals surface area (Å²) < 4.78 is 15.1. The van der Waals surface area contributed by atoms with Crippen molar-refractivity contribution in [1.29, 1.82) is 0 Å². The van der Waals surface area contributed by atoms with Gasteiger partial charge in [-0.25, -0.2) is 9.98 Å². The lowest BCUT2D eigenvalue weighted by Crippen LogP contribution is -2.42. The summed E-state index contributed by atoms with van der Waals surface area (Å²) in [4.78, 5) is 29.6. The Balaban J connectivity index is 1.32. The number of aromatic nitrogens is 3. The molecule has 0 unspecified atom stereocenters. The van der Waals surface area contributed by atoms with Gasteiger partial charge in [-0.1, -0.05) is 0 Å². The van der Waals surface area contributed by atoms with Crippen LogP contribution >= 0.6 is 0 Å². The highest BCUT2D eigenvalue weighted by atomic mass is 19.1. The molecule has 1 aliphatic heterocycles. The molecule has 2 N–H and O–H groups in total. The van der Waals surface area contributed by atoms with Crippen LogP contribution in [0.4, 0.5) is 21.6 Å². The average molecular weight is 416 g/mol. The molecule has 0 aromatic carbocycles. The van der Waals surface area contributed by atoms with Crippen LogP contribution in [0.25, 0.3) is 5.70 Å². The Morgan fingerprint density at radius 1 is 1.13 bits per heavy atom. The maximum atomic E-state index is 15.1. The van der Waals surface area contributed by atoms with E-state index in [0.29, 0.717) is 34.4 Å². The number of halogens is 1. The normalized spacial score (nSPS) is 17.8. The number of nitrogens with one attached hydrogen (secondary N) is 2. The number of carbonyl (C=O) groups is 1. The van der Waals surface area contributed by atoms with Gasteiger partial charge in [-0.05, 0) is 49.9 Å². The molecule has 0 bridgehead atoms. The topological polar surface area (TPSA) is 86.3 Å². The maximum absolute atomic E-state index is 15.1. The molecule has 6 rings (SSSR count). The zero-order valence-corrected chi connectivity index (χ0v) is 16.8. The van der Waals surface area contributed by atoms with E-state index >= 15 is 4.39 Å². The smallest absolute Gasteiger partial charge is 0.238 e. The molecule has 0 radical (unpaired) electrons. The fourth-order valence-corrected chi connectivity index (χ4v) is 4.20. The van der Waals surface area contributed by atoms with Crippen molar-refractivity contribution in [1.82, 2.24) is 15.0 Å². The van der Waals surface area contributed by atoms with E-state index in [1.54, 1.807) is 24.5 Å². The number of pyridine rings is 2. The van der Waals surface area contributed by atoms with E-state index in [4.69, 9.17) is 0 Å². The number of rotatable bonds is 6. The van der Waals surface area contributed by atoms with Gasteiger partial charge >= 0.3 is 0 Å². The second-order valence-electron chi connectivity index (χ2n) is 8.35. The zero-order valence-electron chi connectivity index (χ0n) is 16.8. The monoisotopic (exact) mass is 416 g/mol. The number of hydrogen-bond acceptors (Lipinski definition) is 6. The van der Waals surface area contributed by atoms with Crippen molar-refractivity contribution in [3.63, 3.8) is 0 Å². The molecule has 7 nitrogen and oxygen atoms in total. The minimum Gasteiger partial charge on any atom is -0.346 e. The Bertz CT molecular complexity index is 1290. The van der Waals surface area contributed by atoms with E-state index < -0.39 is 5.95 Å². The summed E-state index contributed by atoms with van der Waals surface area (Å²) in [5.41, 5.74) is 4.44. The van der Waals surface area contributed by atoms with Gasteiger partial charge in [0.1, 0.15) is 18.0 Å². The first-order valence-corrected chi connectivity index (χ1v) is 10.6. The lowest BCUT2D eigenvalue weighted by Gasteiger charge is -2.28. The van der Waals surface area contributed by atoms with Crippen molar-refractivity contribution in [2.45, 2.75) is 31.6 Å². The predicted molar refractivity (Wildman–Crippen MR) is 114 cm³/mol. The van der Waals surface area contributed by atoms with Crippen molar-refractivity contribution in [3.05, 3.63) is 64.6 Å². The zero-order chi connectivity index (χ0) is 20.9. The summed E-state index contributed by atoms with van der Waals surface area (Å²) in [6, 6.07) is 7.43. The van der Waals surface area contributed by atoms with Crippen LogP contribution in [0.1, 0.15) is 47.7 Å². The van der Waals surface area contributed by atoms with Crippen molar-refractivity contribution in [3.8, 4) is 0 Å². The summed E-state index contributed by atoms with van der Waals surface area (Å²) in [5.74, 6) is 0.737. The van der Waals surface area contributed by atoms with Crippen LogP contribution < -0.4 is 20.9 Å². The van der Waals surface area contributed by atoms with Gasteiger partial charge in [-0.3, -0.25) is 9.78 Å². The molecular weight excluding hydrogens is 395 g/mol. The van der Waals surface area contributed by atoms with Gasteiger partial charge in [0.25, 0.3) is 0 Å². The third kappa shape index (κ3) is 3.28. The first-order chi connectivity index (χ1) is 15.2. The molecule has 4 heterocycles. The number of nitrogens with zero attached hydrogens (tertiary/aromatic N) is 4. The Labute approximate surface area is 177 Å². The van der Waals surface area contributed by atoms with Gasteiger partial charge in [0.05, 0.1) is 17.6 Å². The summed E-state index contributed by atoms with van der Waals surface area (Å²) in [6.07, 6.45) is 8.70. The quantitative estimate of drug-likeness (QED) is 0.477. The Morgan fingerprint density at radius 3 is 2.65 bits per heavy atom. The van der Waals surface area contributed by atoms with Crippen molar-refractivity contribution in [2.24, 2.45) is 10.9 Å². The second-order valence-corrected chi connectivity index (χ2v) is 8.35. The minimum absolute atomic E-state index is 0.287. The Hall–Kier alpha value is -3.55. The second kappa shape index (κ2) is 7.01. The first-order valence-electron chi connectivity index (χ1n) is 10.6. The number of anilines is 3. The third-order valence-corrected chi connectivity index (χ3v) is 6.07. The van der Waals surface area contributed by atoms with E-state index in [1.165, 1.54) is 12.8 Å². The molecule has 2 aliphatic carbocycles. The van der Waals surface area contributed by atoms with Crippen LogP contribution in [-0.4, -0.2) is 27.9 Å². The largest absolute Gasteiger partial charge is 0.346 e. The number of hydrogen-bond donors (Lipinski definition) is 2. The van der Waals surface area contributed by atoms with E-state index in [0.717, 1.165) is 41.4 Å². The SMILES string of the molecule is O=Cc1c[nH]c2c1=C(C1CC1)N(c1ccc(Nc3ccc(C4CC4)nc3)nc1F)CN=2. The molecular formula is C23H21FN6O. The van der Waals surface area contributed by atoms with Crippen LogP contribution in [0.5, 0.6) is 0 Å². The van der Waals surface area contributed by atoms with E-state index in [2.05, 4.69) is 25.3 Å². The highest BCUT2D eigenvalue weighted by molar-refractivity contribution is 5.80. The molecule has 156 valence electrons. The van der Waals surface area contributed by atoms with Gasteiger partial charge in [-0.15, -0.1) is 0 Å². The van der Waals surface area contributed by atoms with Crippen LogP contribution in [0.2, 0.25) is 0 Å². The van der Waals surface area contributed by atoms with Crippen molar-refractivity contribution < 1.29 is 9.18 Å². The molecule has 0 saturated heterocycles. The molecule has 0 spiro atoms. The number of aldehydes is 1. The highest BCUT2D eigenvalue weighted by Crippen LogP contribution is 2.41. The lowest BCUT2D eigenvalue weighted by molar-refractivity contribution is 0.112. The molecule has 0 atom stereocenters. The minimum atomic E-state index is -0.576. The fraction of sp³-hybridized carbons (Fsp3) is 0.304. The Morgan fingerprint density at radius 2 is 1.97 bits per heavy atom. The molecule has 31 heavy (non-hydrogen) atoms. The van der Waals surface area contributed by atoms with Crippen LogP contribution in [0.15, 0.2) is 41.7 Å². The van der Waals surface area contributed by atoms with Gasteiger partial charge < -0.3 is 15.2 Å². The van der Waals surface area contributed by atoms with Gasteiger partial charge in [0, 0.05) is 40.2 Å². The summed E-state index contributed by atoms with van der Waals surface area (Å²) >= 11 is 0. The van der Waals surface area contributed by atoms with E-state index in [-0.39, 0.29) is 6.67 Å². The van der Waals surface area contributed by atoms with Gasteiger partial charge in [0.2, 0.25) is 5.95 Å². The lowest BCUT2D eigenvalue weighted by atomic mass is 10.1. The molecule has 0 amide bonds. The maximum Gasteiger partial charge on any atom is 0.238 e. The molecule has 3 aromatic heterocycles. The fourth-order valence-electron chi connectivity index (χ4n) is 4.20. The third-order valence-electron chi connectivity index (χ3n) is 6.07. The van der Waals surface area contributed by atoms with Crippen LogP contribution in [0.3, 0.4) is 0 Å². The highest BCUT2D eigenvalue weighted by Gasteiger charge is 2.34. The average Bonchev–Trinajstić information content (AvgIpc) is 3.71. The molecule has 8 heteroatoms. The Kier molecular flexibility index (Phi) is 4.12. The number of H-pyrrole nitrogens is 1. The van der Waals surface area contributed by atoms with Crippen molar-refractivity contribution >= 4 is 29.2 Å². The van der Waals surface area contributed by atoms with E-state index in [1.807, 2.05) is 17.0 Å². The molecule has 2 saturated carbocycles. The summed E-state index contributed by atoms with van der Waals surface area (Å²) in [6.45, 7) is 0.287. The van der Waals surface area contributed by atoms with Gasteiger partial charge in [-0.2, -0.15) is 4.39 Å². The molecule has 2 fully saturated rings. The van der Waals surface area contributed by atoms with Crippen molar-refractivity contribution in [2.75, 3.05) is 16.9 Å². The number of carbonyl (C=O) groups excluding carboxylic acids is 1. The summed E-state index contributed by atoms with van der Waals surface area (Å²) in [5, 5.41) is 3.91. The number of aromatic amines is 1.